The van der Waals surface area contributed by atoms with E-state index in [1.807, 2.05) is 31.4 Å². The Labute approximate surface area is 125 Å². The molecule has 3 heterocycles. The Balaban J connectivity index is 2.30. The van der Waals surface area contributed by atoms with E-state index in [0.29, 0.717) is 22.4 Å². The van der Waals surface area contributed by atoms with E-state index in [-0.39, 0.29) is 5.92 Å². The van der Waals surface area contributed by atoms with Crippen molar-refractivity contribution in [2.24, 2.45) is 0 Å². The number of ether oxygens (including phenoxy) is 1. The molecule has 3 rings (SSSR count). The van der Waals surface area contributed by atoms with Gasteiger partial charge in [-0.05, 0) is 23.4 Å². The van der Waals surface area contributed by atoms with E-state index in [1.54, 1.807) is 17.4 Å². The monoisotopic (exact) mass is 302 g/mol. The van der Waals surface area contributed by atoms with E-state index in [9.17, 15) is 4.79 Å². The van der Waals surface area contributed by atoms with Crippen LogP contribution in [0.4, 0.5) is 0 Å². The summed E-state index contributed by atoms with van der Waals surface area (Å²) in [5.74, 6) is -0.283. The summed E-state index contributed by atoms with van der Waals surface area (Å²) >= 11 is 1.55. The Morgan fingerprint density at radius 3 is 2.86 bits per heavy atom. The van der Waals surface area contributed by atoms with E-state index < -0.39 is 5.97 Å². The summed E-state index contributed by atoms with van der Waals surface area (Å²) in [4.78, 5) is 17.5. The van der Waals surface area contributed by atoms with Gasteiger partial charge in [-0.3, -0.25) is 0 Å². The SMILES string of the molecule is COC(=O)c1cc(-c2cccs2)nc2onc(C(C)C)c12. The minimum Gasteiger partial charge on any atom is -0.465 e. The maximum Gasteiger partial charge on any atom is 0.338 e. The van der Waals surface area contributed by atoms with Crippen molar-refractivity contribution in [2.75, 3.05) is 7.11 Å². The van der Waals surface area contributed by atoms with Crippen molar-refractivity contribution in [2.45, 2.75) is 19.8 Å². The van der Waals surface area contributed by atoms with Crippen LogP contribution in [0.15, 0.2) is 28.1 Å². The second-order valence-electron chi connectivity index (χ2n) is 4.93. The van der Waals surface area contributed by atoms with Crippen molar-refractivity contribution in [3.8, 4) is 10.6 Å². The molecule has 0 amide bonds. The van der Waals surface area contributed by atoms with Crippen molar-refractivity contribution in [3.05, 3.63) is 34.8 Å². The van der Waals surface area contributed by atoms with Gasteiger partial charge in [0, 0.05) is 0 Å². The molecule has 0 saturated heterocycles. The molecule has 3 aromatic heterocycles. The lowest BCUT2D eigenvalue weighted by Crippen LogP contribution is -2.04. The van der Waals surface area contributed by atoms with Gasteiger partial charge >= 0.3 is 5.97 Å². The van der Waals surface area contributed by atoms with E-state index in [4.69, 9.17) is 9.26 Å². The normalized spacial score (nSPS) is 11.2. The molecule has 0 fully saturated rings. The van der Waals surface area contributed by atoms with Crippen LogP contribution in [0.25, 0.3) is 21.7 Å². The van der Waals surface area contributed by atoms with E-state index >= 15 is 0 Å². The number of thiophene rings is 1. The standard InChI is InChI=1S/C15H14N2O3S/c1-8(2)13-12-9(15(18)19-3)7-10(11-5-4-6-21-11)16-14(12)20-17-13/h4-8H,1-3H3. The quantitative estimate of drug-likeness (QED) is 0.687. The first-order valence-corrected chi connectivity index (χ1v) is 7.42. The maximum atomic E-state index is 12.1. The van der Waals surface area contributed by atoms with E-state index in [1.165, 1.54) is 7.11 Å². The number of pyridine rings is 1. The van der Waals surface area contributed by atoms with Gasteiger partial charge < -0.3 is 9.26 Å². The van der Waals surface area contributed by atoms with Crippen molar-refractivity contribution in [3.63, 3.8) is 0 Å². The summed E-state index contributed by atoms with van der Waals surface area (Å²) < 4.78 is 10.2. The van der Waals surface area contributed by atoms with Gasteiger partial charge in [0.1, 0.15) is 0 Å². The van der Waals surface area contributed by atoms with Crippen LogP contribution in [-0.4, -0.2) is 23.2 Å². The number of esters is 1. The van der Waals surface area contributed by atoms with Gasteiger partial charge in [0.2, 0.25) is 0 Å². The Hall–Kier alpha value is -2.21. The average Bonchev–Trinajstić information content (AvgIpc) is 3.14. The smallest absolute Gasteiger partial charge is 0.338 e. The van der Waals surface area contributed by atoms with Crippen molar-refractivity contribution >= 4 is 28.4 Å². The van der Waals surface area contributed by atoms with Gasteiger partial charge in [-0.15, -0.1) is 11.3 Å². The minimum atomic E-state index is -0.412. The number of nitrogens with zero attached hydrogens (tertiary/aromatic N) is 2. The number of aromatic nitrogens is 2. The fourth-order valence-corrected chi connectivity index (χ4v) is 2.88. The molecule has 21 heavy (non-hydrogen) atoms. The van der Waals surface area contributed by atoms with Crippen LogP contribution in [-0.2, 0) is 4.74 Å². The fraction of sp³-hybridized carbons (Fsp3) is 0.267. The highest BCUT2D eigenvalue weighted by Crippen LogP contribution is 2.32. The molecule has 0 bridgehead atoms. The zero-order chi connectivity index (χ0) is 15.0. The van der Waals surface area contributed by atoms with Gasteiger partial charge in [0.05, 0.1) is 34.3 Å². The number of rotatable bonds is 3. The number of fused-ring (bicyclic) bond motifs is 1. The minimum absolute atomic E-state index is 0.129. The highest BCUT2D eigenvalue weighted by Gasteiger charge is 2.23. The Morgan fingerprint density at radius 2 is 2.24 bits per heavy atom. The van der Waals surface area contributed by atoms with Crippen LogP contribution in [0.5, 0.6) is 0 Å². The molecule has 0 radical (unpaired) electrons. The Morgan fingerprint density at radius 1 is 1.43 bits per heavy atom. The predicted molar refractivity (Wildman–Crippen MR) is 80.5 cm³/mol. The number of carbonyl (C=O) groups excluding carboxylic acids is 1. The molecule has 0 N–H and O–H groups in total. The topological polar surface area (TPSA) is 65.2 Å². The fourth-order valence-electron chi connectivity index (χ4n) is 2.19. The number of methoxy groups -OCH3 is 1. The molecule has 0 atom stereocenters. The van der Waals surface area contributed by atoms with Crippen LogP contribution in [0.1, 0.15) is 35.8 Å². The maximum absolute atomic E-state index is 12.1. The van der Waals surface area contributed by atoms with Crippen LogP contribution in [0, 0.1) is 0 Å². The lowest BCUT2D eigenvalue weighted by molar-refractivity contribution is 0.0603. The van der Waals surface area contributed by atoms with Gasteiger partial charge in [-0.2, -0.15) is 0 Å². The third kappa shape index (κ3) is 2.31. The van der Waals surface area contributed by atoms with Crippen LogP contribution < -0.4 is 0 Å². The van der Waals surface area contributed by atoms with Gasteiger partial charge in [0.15, 0.2) is 0 Å². The predicted octanol–water partition coefficient (Wildman–Crippen LogP) is 3.86. The third-order valence-corrected chi connectivity index (χ3v) is 4.09. The lowest BCUT2D eigenvalue weighted by atomic mass is 10.0. The highest BCUT2D eigenvalue weighted by molar-refractivity contribution is 7.13. The highest BCUT2D eigenvalue weighted by atomic mass is 32.1. The molecule has 0 saturated carbocycles. The summed E-state index contributed by atoms with van der Waals surface area (Å²) in [5.41, 5.74) is 2.21. The zero-order valence-electron chi connectivity index (χ0n) is 11.9. The van der Waals surface area contributed by atoms with Crippen molar-refractivity contribution in [1.29, 1.82) is 0 Å². The first kappa shape index (κ1) is 13.8. The van der Waals surface area contributed by atoms with Crippen molar-refractivity contribution < 1.29 is 14.1 Å². The first-order chi connectivity index (χ1) is 10.1. The second kappa shape index (κ2) is 5.29. The molecular formula is C15H14N2O3S. The van der Waals surface area contributed by atoms with Gasteiger partial charge in [-0.25, -0.2) is 9.78 Å². The zero-order valence-corrected chi connectivity index (χ0v) is 12.7. The summed E-state index contributed by atoms with van der Waals surface area (Å²) in [6.45, 7) is 3.98. The number of hydrogen-bond acceptors (Lipinski definition) is 6. The summed E-state index contributed by atoms with van der Waals surface area (Å²) in [6, 6.07) is 5.62. The average molecular weight is 302 g/mol. The number of carbonyl (C=O) groups is 1. The molecule has 0 unspecified atom stereocenters. The molecule has 3 aromatic rings. The first-order valence-electron chi connectivity index (χ1n) is 6.54. The van der Waals surface area contributed by atoms with Crippen molar-refractivity contribution in [1.82, 2.24) is 10.1 Å². The van der Waals surface area contributed by atoms with Crippen LogP contribution in [0.2, 0.25) is 0 Å². The van der Waals surface area contributed by atoms with E-state index in [2.05, 4.69) is 10.1 Å². The molecule has 0 aliphatic heterocycles. The van der Waals surface area contributed by atoms with Crippen LogP contribution >= 0.6 is 11.3 Å². The molecule has 6 heteroatoms. The molecule has 108 valence electrons. The largest absolute Gasteiger partial charge is 0.465 e. The Kier molecular flexibility index (Phi) is 3.47. The summed E-state index contributed by atoms with van der Waals surface area (Å²) in [7, 11) is 1.36. The molecule has 0 aliphatic carbocycles. The molecule has 5 nitrogen and oxygen atoms in total. The lowest BCUT2D eigenvalue weighted by Gasteiger charge is -2.06. The van der Waals surface area contributed by atoms with Gasteiger partial charge in [-0.1, -0.05) is 25.1 Å². The summed E-state index contributed by atoms with van der Waals surface area (Å²) in [5, 5.41) is 6.65. The van der Waals surface area contributed by atoms with Crippen LogP contribution in [0.3, 0.4) is 0 Å². The van der Waals surface area contributed by atoms with Gasteiger partial charge in [0.25, 0.3) is 5.71 Å². The molecule has 0 aliphatic rings. The third-order valence-electron chi connectivity index (χ3n) is 3.20. The number of hydrogen-bond donors (Lipinski definition) is 0. The molecule has 0 aromatic carbocycles. The van der Waals surface area contributed by atoms with E-state index in [0.717, 1.165) is 10.6 Å². The molecule has 0 spiro atoms. The summed E-state index contributed by atoms with van der Waals surface area (Å²) in [6.07, 6.45) is 0. The molecular weight excluding hydrogens is 288 g/mol. The second-order valence-corrected chi connectivity index (χ2v) is 5.87. The Bertz CT molecular complexity index is 791.